The van der Waals surface area contributed by atoms with Crippen molar-refractivity contribution < 1.29 is 24.2 Å². The second kappa shape index (κ2) is 6.78. The molecule has 0 unspecified atom stereocenters. The maximum absolute atomic E-state index is 12.1. The molecule has 0 radical (unpaired) electrons. The van der Waals surface area contributed by atoms with Crippen LogP contribution in [-0.2, 0) is 4.79 Å². The molecular weight excluding hydrogens is 248 g/mol. The predicted molar refractivity (Wildman–Crippen MR) is 70.1 cm³/mol. The van der Waals surface area contributed by atoms with Crippen LogP contribution in [0.3, 0.4) is 0 Å². The molecule has 0 bridgehead atoms. The fourth-order valence-electron chi connectivity index (χ4n) is 1.80. The van der Waals surface area contributed by atoms with Gasteiger partial charge < -0.3 is 14.6 Å². The molecule has 0 saturated carbocycles. The number of carbonyl (C=O) groups excluding carboxylic acids is 1. The molecule has 5 heteroatoms. The van der Waals surface area contributed by atoms with Crippen LogP contribution in [0.5, 0.6) is 11.5 Å². The van der Waals surface area contributed by atoms with Crippen LogP contribution in [0.15, 0.2) is 12.1 Å². The summed E-state index contributed by atoms with van der Waals surface area (Å²) < 4.78 is 10.4. The van der Waals surface area contributed by atoms with Gasteiger partial charge in [0, 0.05) is 12.8 Å². The number of Topliss-reactive ketones (excluding diaryl/α,β-unsaturated/α-hetero) is 1. The van der Waals surface area contributed by atoms with Crippen molar-refractivity contribution in [2.24, 2.45) is 0 Å². The van der Waals surface area contributed by atoms with Crippen molar-refractivity contribution in [3.05, 3.63) is 23.3 Å². The molecule has 1 aromatic rings. The van der Waals surface area contributed by atoms with Crippen LogP contribution in [0.4, 0.5) is 0 Å². The standard InChI is InChI=1S/C14H18O5/c1-9-7-13(19-3)10(8-12(9)18-2)11(15)5-4-6-14(16)17/h7-8H,4-6H2,1-3H3,(H,16,17). The second-order valence-electron chi connectivity index (χ2n) is 4.19. The monoisotopic (exact) mass is 266 g/mol. The van der Waals surface area contributed by atoms with E-state index in [1.165, 1.54) is 14.2 Å². The lowest BCUT2D eigenvalue weighted by Crippen LogP contribution is -2.05. The Morgan fingerprint density at radius 3 is 2.26 bits per heavy atom. The van der Waals surface area contributed by atoms with E-state index in [1.54, 1.807) is 12.1 Å². The number of ketones is 1. The zero-order valence-electron chi connectivity index (χ0n) is 11.4. The van der Waals surface area contributed by atoms with Gasteiger partial charge >= 0.3 is 5.97 Å². The lowest BCUT2D eigenvalue weighted by Gasteiger charge is -2.12. The smallest absolute Gasteiger partial charge is 0.303 e. The highest BCUT2D eigenvalue weighted by Gasteiger charge is 2.15. The SMILES string of the molecule is COc1cc(C(=O)CCCC(=O)O)c(OC)cc1C. The highest BCUT2D eigenvalue weighted by molar-refractivity contribution is 5.99. The fourth-order valence-corrected chi connectivity index (χ4v) is 1.80. The third-order valence-electron chi connectivity index (χ3n) is 2.81. The molecule has 104 valence electrons. The second-order valence-corrected chi connectivity index (χ2v) is 4.19. The molecule has 0 aliphatic heterocycles. The summed E-state index contributed by atoms with van der Waals surface area (Å²) >= 11 is 0. The molecule has 0 fully saturated rings. The van der Waals surface area contributed by atoms with Gasteiger partial charge in [0.2, 0.25) is 0 Å². The first kappa shape index (κ1) is 15.0. The van der Waals surface area contributed by atoms with Crippen molar-refractivity contribution in [1.29, 1.82) is 0 Å². The van der Waals surface area contributed by atoms with Crippen LogP contribution < -0.4 is 9.47 Å². The summed E-state index contributed by atoms with van der Waals surface area (Å²) in [6, 6.07) is 3.38. The minimum absolute atomic E-state index is 0.0168. The molecule has 0 heterocycles. The number of carboxylic acids is 1. The summed E-state index contributed by atoms with van der Waals surface area (Å²) in [5, 5.41) is 8.56. The Morgan fingerprint density at radius 2 is 1.74 bits per heavy atom. The first-order valence-corrected chi connectivity index (χ1v) is 5.97. The molecule has 1 rings (SSSR count). The third-order valence-corrected chi connectivity index (χ3v) is 2.81. The van der Waals surface area contributed by atoms with Crippen molar-refractivity contribution in [2.75, 3.05) is 14.2 Å². The van der Waals surface area contributed by atoms with Gasteiger partial charge in [-0.3, -0.25) is 9.59 Å². The van der Waals surface area contributed by atoms with Crippen LogP contribution in [-0.4, -0.2) is 31.1 Å². The number of carboxylic acid groups (broad SMARTS) is 1. The van der Waals surface area contributed by atoms with Crippen LogP contribution in [0.1, 0.15) is 35.2 Å². The maximum Gasteiger partial charge on any atom is 0.303 e. The lowest BCUT2D eigenvalue weighted by atomic mass is 10.0. The van der Waals surface area contributed by atoms with Gasteiger partial charge in [0.1, 0.15) is 11.5 Å². The average molecular weight is 266 g/mol. The number of aliphatic carboxylic acids is 1. The molecule has 0 aliphatic rings. The van der Waals surface area contributed by atoms with Gasteiger partial charge in [-0.2, -0.15) is 0 Å². The van der Waals surface area contributed by atoms with E-state index in [-0.39, 0.29) is 18.6 Å². The number of carbonyl (C=O) groups is 2. The van der Waals surface area contributed by atoms with Gasteiger partial charge in [-0.15, -0.1) is 0 Å². The molecule has 0 amide bonds. The molecular formula is C14H18O5. The van der Waals surface area contributed by atoms with Crippen molar-refractivity contribution >= 4 is 11.8 Å². The topological polar surface area (TPSA) is 72.8 Å². The van der Waals surface area contributed by atoms with Crippen LogP contribution in [0.2, 0.25) is 0 Å². The molecule has 0 atom stereocenters. The molecule has 1 N–H and O–H groups in total. The first-order valence-electron chi connectivity index (χ1n) is 5.97. The quantitative estimate of drug-likeness (QED) is 0.767. The number of aryl methyl sites for hydroxylation is 1. The van der Waals surface area contributed by atoms with Gasteiger partial charge in [-0.25, -0.2) is 0 Å². The molecule has 0 saturated heterocycles. The van der Waals surface area contributed by atoms with E-state index in [2.05, 4.69) is 0 Å². The Morgan fingerprint density at radius 1 is 1.11 bits per heavy atom. The summed E-state index contributed by atoms with van der Waals surface area (Å²) in [5.74, 6) is 0.0543. The van der Waals surface area contributed by atoms with Crippen LogP contribution in [0.25, 0.3) is 0 Å². The first-order chi connectivity index (χ1) is 8.99. The predicted octanol–water partition coefficient (Wildman–Crippen LogP) is 2.45. The van der Waals surface area contributed by atoms with Gasteiger partial charge in [0.15, 0.2) is 5.78 Å². The van der Waals surface area contributed by atoms with E-state index in [9.17, 15) is 9.59 Å². The highest BCUT2D eigenvalue weighted by Crippen LogP contribution is 2.29. The maximum atomic E-state index is 12.1. The summed E-state index contributed by atoms with van der Waals surface area (Å²) in [6.45, 7) is 1.86. The Bertz CT molecular complexity index is 479. The van der Waals surface area contributed by atoms with E-state index in [4.69, 9.17) is 14.6 Å². The van der Waals surface area contributed by atoms with Gasteiger partial charge in [-0.1, -0.05) is 0 Å². The number of hydrogen-bond acceptors (Lipinski definition) is 4. The normalized spacial score (nSPS) is 10.1. The summed E-state index contributed by atoms with van der Waals surface area (Å²) in [7, 11) is 3.03. The van der Waals surface area contributed by atoms with Crippen LogP contribution in [0, 0.1) is 6.92 Å². The fraction of sp³-hybridized carbons (Fsp3) is 0.429. The summed E-state index contributed by atoms with van der Waals surface area (Å²) in [5.41, 5.74) is 1.30. The number of methoxy groups -OCH3 is 2. The van der Waals surface area contributed by atoms with E-state index >= 15 is 0 Å². The zero-order chi connectivity index (χ0) is 14.4. The van der Waals surface area contributed by atoms with Gasteiger partial charge in [0.25, 0.3) is 0 Å². The van der Waals surface area contributed by atoms with E-state index in [1.807, 2.05) is 6.92 Å². The number of ether oxygens (including phenoxy) is 2. The zero-order valence-corrected chi connectivity index (χ0v) is 11.4. The molecule has 0 aliphatic carbocycles. The van der Waals surface area contributed by atoms with Crippen molar-refractivity contribution in [3.8, 4) is 11.5 Å². The summed E-state index contributed by atoms with van der Waals surface area (Å²) in [4.78, 5) is 22.5. The third kappa shape index (κ3) is 3.98. The number of rotatable bonds is 7. The van der Waals surface area contributed by atoms with Gasteiger partial charge in [0.05, 0.1) is 19.8 Å². The minimum Gasteiger partial charge on any atom is -0.496 e. The van der Waals surface area contributed by atoms with Crippen molar-refractivity contribution in [3.63, 3.8) is 0 Å². The van der Waals surface area contributed by atoms with E-state index in [0.29, 0.717) is 23.5 Å². The molecule has 0 spiro atoms. The van der Waals surface area contributed by atoms with E-state index < -0.39 is 5.97 Å². The van der Waals surface area contributed by atoms with Crippen molar-refractivity contribution in [1.82, 2.24) is 0 Å². The number of hydrogen-bond donors (Lipinski definition) is 1. The Balaban J connectivity index is 2.91. The number of benzene rings is 1. The van der Waals surface area contributed by atoms with Gasteiger partial charge in [-0.05, 0) is 31.0 Å². The van der Waals surface area contributed by atoms with Crippen molar-refractivity contribution in [2.45, 2.75) is 26.2 Å². The Labute approximate surface area is 112 Å². The minimum atomic E-state index is -0.902. The molecule has 1 aromatic carbocycles. The Kier molecular flexibility index (Phi) is 5.36. The average Bonchev–Trinajstić information content (AvgIpc) is 2.37. The summed E-state index contributed by atoms with van der Waals surface area (Å²) in [6.07, 6.45) is 0.472. The highest BCUT2D eigenvalue weighted by atomic mass is 16.5. The lowest BCUT2D eigenvalue weighted by molar-refractivity contribution is -0.137. The molecule has 0 aromatic heterocycles. The largest absolute Gasteiger partial charge is 0.496 e. The molecule has 5 nitrogen and oxygen atoms in total. The van der Waals surface area contributed by atoms with E-state index in [0.717, 1.165) is 5.56 Å². The molecule has 19 heavy (non-hydrogen) atoms. The Hall–Kier alpha value is -2.04. The van der Waals surface area contributed by atoms with Crippen LogP contribution >= 0.6 is 0 Å².